The van der Waals surface area contributed by atoms with Gasteiger partial charge in [-0.1, -0.05) is 60.7 Å². The van der Waals surface area contributed by atoms with Crippen molar-refractivity contribution >= 4 is 22.6 Å². The number of rotatable bonds is 5. The zero-order valence-corrected chi connectivity index (χ0v) is 14.4. The van der Waals surface area contributed by atoms with E-state index in [1.54, 1.807) is 19.1 Å². The van der Waals surface area contributed by atoms with Crippen LogP contribution in [0, 0.1) is 0 Å². The summed E-state index contributed by atoms with van der Waals surface area (Å²) >= 11 is 0. The first kappa shape index (κ1) is 17.5. The van der Waals surface area contributed by atoms with E-state index in [2.05, 4.69) is 10.9 Å². The van der Waals surface area contributed by atoms with E-state index in [1.807, 2.05) is 60.7 Å². The molecule has 5 nitrogen and oxygen atoms in total. The topological polar surface area (TPSA) is 67.4 Å². The second-order valence-electron chi connectivity index (χ2n) is 5.93. The predicted molar refractivity (Wildman–Crippen MR) is 100 cm³/mol. The number of benzene rings is 3. The Hall–Kier alpha value is -3.34. The quantitative estimate of drug-likeness (QED) is 0.697. The summed E-state index contributed by atoms with van der Waals surface area (Å²) < 4.78 is 5.52. The van der Waals surface area contributed by atoms with Gasteiger partial charge in [0.25, 0.3) is 5.91 Å². The molecule has 0 aliphatic carbocycles. The molecule has 0 aliphatic heterocycles. The number of amides is 2. The summed E-state index contributed by atoms with van der Waals surface area (Å²) in [5.41, 5.74) is 5.76. The SMILES string of the molecule is CC(Oc1ccccc1)C(=O)NNC(=O)Cc1cccc2ccccc12. The number of carbonyl (C=O) groups is 2. The molecule has 2 N–H and O–H groups in total. The van der Waals surface area contributed by atoms with Crippen LogP contribution in [0.4, 0.5) is 0 Å². The zero-order valence-electron chi connectivity index (χ0n) is 14.4. The van der Waals surface area contributed by atoms with Gasteiger partial charge < -0.3 is 4.74 Å². The third kappa shape index (κ3) is 4.39. The van der Waals surface area contributed by atoms with Crippen LogP contribution in [0.25, 0.3) is 10.8 Å². The monoisotopic (exact) mass is 348 g/mol. The summed E-state index contributed by atoms with van der Waals surface area (Å²) in [6, 6.07) is 22.8. The van der Waals surface area contributed by atoms with E-state index in [4.69, 9.17) is 4.74 Å². The van der Waals surface area contributed by atoms with Crippen LogP contribution in [0.15, 0.2) is 72.8 Å². The van der Waals surface area contributed by atoms with Gasteiger partial charge in [-0.3, -0.25) is 20.4 Å². The third-order valence-corrected chi connectivity index (χ3v) is 3.98. The molecule has 0 spiro atoms. The lowest BCUT2D eigenvalue weighted by atomic mass is 10.0. The summed E-state index contributed by atoms with van der Waals surface area (Å²) in [5.74, 6) is -0.112. The van der Waals surface area contributed by atoms with Gasteiger partial charge in [-0.15, -0.1) is 0 Å². The fourth-order valence-corrected chi connectivity index (χ4v) is 2.65. The summed E-state index contributed by atoms with van der Waals surface area (Å²) in [6.45, 7) is 1.62. The zero-order chi connectivity index (χ0) is 18.4. The molecule has 0 aromatic heterocycles. The van der Waals surface area contributed by atoms with Crippen molar-refractivity contribution in [1.29, 1.82) is 0 Å². The highest BCUT2D eigenvalue weighted by atomic mass is 16.5. The Morgan fingerprint density at radius 1 is 0.885 bits per heavy atom. The molecule has 2 amide bonds. The first-order valence-corrected chi connectivity index (χ1v) is 8.40. The van der Waals surface area contributed by atoms with Crippen LogP contribution in [0.1, 0.15) is 12.5 Å². The van der Waals surface area contributed by atoms with Crippen molar-refractivity contribution < 1.29 is 14.3 Å². The van der Waals surface area contributed by atoms with Crippen LogP contribution in [0.5, 0.6) is 5.75 Å². The Bertz CT molecular complexity index is 904. The van der Waals surface area contributed by atoms with Gasteiger partial charge >= 0.3 is 0 Å². The molecular formula is C21H20N2O3. The largest absolute Gasteiger partial charge is 0.481 e. The molecule has 0 saturated carbocycles. The molecule has 0 aliphatic rings. The molecule has 132 valence electrons. The van der Waals surface area contributed by atoms with Crippen molar-refractivity contribution in [3.63, 3.8) is 0 Å². The first-order valence-electron chi connectivity index (χ1n) is 8.40. The molecule has 0 radical (unpaired) electrons. The molecule has 5 heteroatoms. The fourth-order valence-electron chi connectivity index (χ4n) is 2.65. The molecule has 3 aromatic carbocycles. The Morgan fingerprint density at radius 2 is 1.58 bits per heavy atom. The summed E-state index contributed by atoms with van der Waals surface area (Å²) in [4.78, 5) is 24.2. The molecule has 3 rings (SSSR count). The highest BCUT2D eigenvalue weighted by Crippen LogP contribution is 2.18. The minimum Gasteiger partial charge on any atom is -0.481 e. The Labute approximate surface area is 152 Å². The van der Waals surface area contributed by atoms with Crippen molar-refractivity contribution in [2.45, 2.75) is 19.4 Å². The molecule has 26 heavy (non-hydrogen) atoms. The third-order valence-electron chi connectivity index (χ3n) is 3.98. The molecule has 1 atom stereocenters. The minimum absolute atomic E-state index is 0.176. The van der Waals surface area contributed by atoms with Gasteiger partial charge in [0, 0.05) is 0 Å². The van der Waals surface area contributed by atoms with Gasteiger partial charge in [-0.25, -0.2) is 0 Å². The Morgan fingerprint density at radius 3 is 2.38 bits per heavy atom. The minimum atomic E-state index is -0.727. The van der Waals surface area contributed by atoms with Crippen molar-refractivity contribution in [1.82, 2.24) is 10.9 Å². The van der Waals surface area contributed by atoms with Crippen molar-refractivity contribution in [3.8, 4) is 5.75 Å². The summed E-state index contributed by atoms with van der Waals surface area (Å²) in [5, 5.41) is 2.10. The molecule has 0 saturated heterocycles. The van der Waals surface area contributed by atoms with Crippen LogP contribution in [-0.4, -0.2) is 17.9 Å². The number of para-hydroxylation sites is 1. The molecular weight excluding hydrogens is 328 g/mol. The van der Waals surface area contributed by atoms with Crippen LogP contribution in [0.2, 0.25) is 0 Å². The number of carbonyl (C=O) groups excluding carboxylic acids is 2. The van der Waals surface area contributed by atoms with Crippen LogP contribution in [-0.2, 0) is 16.0 Å². The van der Waals surface area contributed by atoms with Gasteiger partial charge in [0.05, 0.1) is 6.42 Å². The average Bonchev–Trinajstić information content (AvgIpc) is 2.67. The van der Waals surface area contributed by atoms with Crippen LogP contribution in [0.3, 0.4) is 0 Å². The number of fused-ring (bicyclic) bond motifs is 1. The van der Waals surface area contributed by atoms with E-state index in [1.165, 1.54) is 0 Å². The lowest BCUT2D eigenvalue weighted by Crippen LogP contribution is -2.47. The molecule has 0 heterocycles. The highest BCUT2D eigenvalue weighted by Gasteiger charge is 2.15. The maximum absolute atomic E-state index is 12.2. The lowest BCUT2D eigenvalue weighted by Gasteiger charge is -2.15. The van der Waals surface area contributed by atoms with E-state index >= 15 is 0 Å². The van der Waals surface area contributed by atoms with Crippen LogP contribution >= 0.6 is 0 Å². The molecule has 3 aromatic rings. The van der Waals surface area contributed by atoms with E-state index in [-0.39, 0.29) is 12.3 Å². The Kier molecular flexibility index (Phi) is 5.49. The number of hydrogen-bond donors (Lipinski definition) is 2. The summed E-state index contributed by atoms with van der Waals surface area (Å²) in [6.07, 6.45) is -0.550. The van der Waals surface area contributed by atoms with Gasteiger partial charge in [0.15, 0.2) is 6.10 Å². The number of ether oxygens (including phenoxy) is 1. The fraction of sp³-hybridized carbons (Fsp3) is 0.143. The van der Waals surface area contributed by atoms with Gasteiger partial charge in [0.1, 0.15) is 5.75 Å². The van der Waals surface area contributed by atoms with E-state index < -0.39 is 12.0 Å². The number of nitrogens with one attached hydrogen (secondary N) is 2. The number of hydrogen-bond acceptors (Lipinski definition) is 3. The van der Waals surface area contributed by atoms with Gasteiger partial charge in [-0.2, -0.15) is 0 Å². The summed E-state index contributed by atoms with van der Waals surface area (Å²) in [7, 11) is 0. The predicted octanol–water partition coefficient (Wildman–Crippen LogP) is 3.00. The molecule has 0 fully saturated rings. The Balaban J connectivity index is 1.54. The highest BCUT2D eigenvalue weighted by molar-refractivity contribution is 5.91. The van der Waals surface area contributed by atoms with Gasteiger partial charge in [-0.05, 0) is 35.4 Å². The second kappa shape index (κ2) is 8.16. The van der Waals surface area contributed by atoms with E-state index in [0.717, 1.165) is 16.3 Å². The first-order chi connectivity index (χ1) is 12.6. The van der Waals surface area contributed by atoms with E-state index in [0.29, 0.717) is 5.75 Å². The lowest BCUT2D eigenvalue weighted by molar-refractivity contribution is -0.132. The maximum atomic E-state index is 12.2. The van der Waals surface area contributed by atoms with Crippen LogP contribution < -0.4 is 15.6 Å². The second-order valence-corrected chi connectivity index (χ2v) is 5.93. The standard InChI is InChI=1S/C21H20N2O3/c1-15(26-18-11-3-2-4-12-18)21(25)23-22-20(24)14-17-10-7-9-16-8-5-6-13-19(16)17/h2-13,15H,14H2,1H3,(H,22,24)(H,23,25). The molecule has 1 unspecified atom stereocenters. The smallest absolute Gasteiger partial charge is 0.279 e. The normalized spacial score (nSPS) is 11.6. The van der Waals surface area contributed by atoms with Crippen molar-refractivity contribution in [2.75, 3.05) is 0 Å². The van der Waals surface area contributed by atoms with E-state index in [9.17, 15) is 9.59 Å². The van der Waals surface area contributed by atoms with Gasteiger partial charge in [0.2, 0.25) is 5.91 Å². The van der Waals surface area contributed by atoms with Crippen molar-refractivity contribution in [2.24, 2.45) is 0 Å². The average molecular weight is 348 g/mol. The number of hydrazine groups is 1. The maximum Gasteiger partial charge on any atom is 0.279 e. The molecule has 0 bridgehead atoms. The van der Waals surface area contributed by atoms with Crippen molar-refractivity contribution in [3.05, 3.63) is 78.4 Å².